The molecule has 0 radical (unpaired) electrons. The average molecular weight is 249 g/mol. The van der Waals surface area contributed by atoms with E-state index in [0.29, 0.717) is 5.92 Å². The van der Waals surface area contributed by atoms with Gasteiger partial charge >= 0.3 is 0 Å². The van der Waals surface area contributed by atoms with Crippen molar-refractivity contribution in [3.05, 3.63) is 24.0 Å². The number of aryl methyl sites for hydroxylation is 1. The molecule has 100 valence electrons. The van der Waals surface area contributed by atoms with Crippen LogP contribution >= 0.6 is 0 Å². The Balaban J connectivity index is 1.99. The lowest BCUT2D eigenvalue weighted by Crippen LogP contribution is -2.39. The van der Waals surface area contributed by atoms with Gasteiger partial charge in [-0.25, -0.2) is 0 Å². The minimum atomic E-state index is 0.156. The minimum Gasteiger partial charge on any atom is -0.347 e. The smallest absolute Gasteiger partial charge is 0.270 e. The lowest BCUT2D eigenvalue weighted by atomic mass is 9.97. The summed E-state index contributed by atoms with van der Waals surface area (Å²) in [5.74, 6) is 0.805. The Kier molecular flexibility index (Phi) is 4.42. The summed E-state index contributed by atoms with van der Waals surface area (Å²) >= 11 is 0. The molecule has 1 saturated heterocycles. The van der Waals surface area contributed by atoms with Crippen molar-refractivity contribution in [1.29, 1.82) is 0 Å². The molecule has 4 nitrogen and oxygen atoms in total. The van der Waals surface area contributed by atoms with Crippen molar-refractivity contribution in [1.82, 2.24) is 14.8 Å². The van der Waals surface area contributed by atoms with Gasteiger partial charge in [0.25, 0.3) is 5.91 Å². The first-order chi connectivity index (χ1) is 8.72. The van der Waals surface area contributed by atoms with Gasteiger partial charge in [-0.3, -0.25) is 4.79 Å². The van der Waals surface area contributed by atoms with Gasteiger partial charge in [-0.1, -0.05) is 0 Å². The predicted octanol–water partition coefficient (Wildman–Crippen LogP) is 1.49. The van der Waals surface area contributed by atoms with Gasteiger partial charge < -0.3 is 14.8 Å². The van der Waals surface area contributed by atoms with Gasteiger partial charge in [-0.2, -0.15) is 0 Å². The second-order valence-electron chi connectivity index (χ2n) is 5.04. The maximum Gasteiger partial charge on any atom is 0.270 e. The summed E-state index contributed by atoms with van der Waals surface area (Å²) in [6, 6.07) is 3.82. The quantitative estimate of drug-likeness (QED) is 0.878. The van der Waals surface area contributed by atoms with Crippen molar-refractivity contribution < 1.29 is 4.79 Å². The number of hydrogen-bond donors (Lipinski definition) is 1. The lowest BCUT2D eigenvalue weighted by Gasteiger charge is -2.29. The van der Waals surface area contributed by atoms with E-state index in [2.05, 4.69) is 12.2 Å². The van der Waals surface area contributed by atoms with Gasteiger partial charge in [0.1, 0.15) is 5.69 Å². The number of aromatic nitrogens is 1. The van der Waals surface area contributed by atoms with Crippen LogP contribution in [0.4, 0.5) is 0 Å². The fraction of sp³-hybridized carbons (Fsp3) is 0.643. The van der Waals surface area contributed by atoms with Crippen LogP contribution in [0.3, 0.4) is 0 Å². The third-order valence-electron chi connectivity index (χ3n) is 3.77. The van der Waals surface area contributed by atoms with E-state index in [4.69, 9.17) is 0 Å². The molecule has 0 spiro atoms. The van der Waals surface area contributed by atoms with Gasteiger partial charge in [0.2, 0.25) is 0 Å². The van der Waals surface area contributed by atoms with Crippen molar-refractivity contribution >= 4 is 5.91 Å². The number of carbonyl (C=O) groups excluding carboxylic acids is 1. The number of nitrogens with zero attached hydrogens (tertiary/aromatic N) is 2. The van der Waals surface area contributed by atoms with Crippen LogP contribution in [0.5, 0.6) is 0 Å². The molecule has 1 aliphatic heterocycles. The molecule has 1 amide bonds. The summed E-state index contributed by atoms with van der Waals surface area (Å²) in [6.45, 7) is 5.90. The summed E-state index contributed by atoms with van der Waals surface area (Å²) in [6.07, 6.45) is 4.28. The molecule has 0 saturated carbocycles. The summed E-state index contributed by atoms with van der Waals surface area (Å²) in [4.78, 5) is 14.4. The first kappa shape index (κ1) is 13.1. The molecular formula is C14H23N3O. The number of amides is 1. The number of hydrogen-bond acceptors (Lipinski definition) is 2. The molecule has 0 bridgehead atoms. The van der Waals surface area contributed by atoms with Gasteiger partial charge in [-0.05, 0) is 50.9 Å². The Morgan fingerprint density at radius 2 is 2.22 bits per heavy atom. The molecule has 4 heteroatoms. The molecule has 18 heavy (non-hydrogen) atoms. The SMILES string of the molecule is CCN(CC1CCNCC1)C(=O)c1cccn1C. The van der Waals surface area contributed by atoms with Gasteiger partial charge in [0.05, 0.1) is 0 Å². The normalized spacial score (nSPS) is 16.8. The molecular weight excluding hydrogens is 226 g/mol. The zero-order chi connectivity index (χ0) is 13.0. The molecule has 0 atom stereocenters. The van der Waals surface area contributed by atoms with Crippen LogP contribution in [0.15, 0.2) is 18.3 Å². The molecule has 1 fully saturated rings. The van der Waals surface area contributed by atoms with Crippen molar-refractivity contribution in [2.75, 3.05) is 26.2 Å². The Labute approximate surface area is 109 Å². The van der Waals surface area contributed by atoms with Gasteiger partial charge in [0.15, 0.2) is 0 Å². The van der Waals surface area contributed by atoms with Crippen LogP contribution in [0.25, 0.3) is 0 Å². The summed E-state index contributed by atoms with van der Waals surface area (Å²) < 4.78 is 1.90. The molecule has 0 unspecified atom stereocenters. The summed E-state index contributed by atoms with van der Waals surface area (Å²) in [7, 11) is 1.92. The maximum atomic E-state index is 12.4. The Morgan fingerprint density at radius 3 is 2.78 bits per heavy atom. The standard InChI is InChI=1S/C14H23N3O/c1-3-17(11-12-6-8-15-9-7-12)14(18)13-5-4-10-16(13)2/h4-5,10,12,15H,3,6-9,11H2,1-2H3. The Morgan fingerprint density at radius 1 is 1.50 bits per heavy atom. The largest absolute Gasteiger partial charge is 0.347 e. The van der Waals surface area contributed by atoms with E-state index >= 15 is 0 Å². The minimum absolute atomic E-state index is 0.156. The van der Waals surface area contributed by atoms with E-state index in [9.17, 15) is 4.79 Å². The topological polar surface area (TPSA) is 37.3 Å². The highest BCUT2D eigenvalue weighted by atomic mass is 16.2. The van der Waals surface area contributed by atoms with E-state index in [1.807, 2.05) is 34.8 Å². The van der Waals surface area contributed by atoms with Crippen LogP contribution in [-0.4, -0.2) is 41.6 Å². The van der Waals surface area contributed by atoms with E-state index in [-0.39, 0.29) is 5.91 Å². The van der Waals surface area contributed by atoms with Gasteiger partial charge in [0, 0.05) is 26.3 Å². The van der Waals surface area contributed by atoms with Crippen molar-refractivity contribution in [3.63, 3.8) is 0 Å². The molecule has 1 N–H and O–H groups in total. The molecule has 1 aliphatic rings. The average Bonchev–Trinajstić information content (AvgIpc) is 2.82. The lowest BCUT2D eigenvalue weighted by molar-refractivity contribution is 0.0717. The van der Waals surface area contributed by atoms with E-state index in [0.717, 1.165) is 31.9 Å². The predicted molar refractivity (Wildman–Crippen MR) is 72.6 cm³/mol. The second-order valence-corrected chi connectivity index (χ2v) is 5.04. The highest BCUT2D eigenvalue weighted by Crippen LogP contribution is 2.15. The molecule has 1 aromatic heterocycles. The van der Waals surface area contributed by atoms with E-state index in [1.165, 1.54) is 12.8 Å². The molecule has 1 aromatic rings. The van der Waals surface area contributed by atoms with E-state index < -0.39 is 0 Å². The highest BCUT2D eigenvalue weighted by molar-refractivity contribution is 5.92. The third kappa shape index (κ3) is 2.93. The van der Waals surface area contributed by atoms with Crippen LogP contribution in [0.2, 0.25) is 0 Å². The zero-order valence-corrected chi connectivity index (χ0v) is 11.4. The number of rotatable bonds is 4. The van der Waals surface area contributed by atoms with Gasteiger partial charge in [-0.15, -0.1) is 0 Å². The summed E-state index contributed by atoms with van der Waals surface area (Å²) in [5, 5.41) is 3.36. The summed E-state index contributed by atoms with van der Waals surface area (Å²) in [5.41, 5.74) is 0.783. The maximum absolute atomic E-state index is 12.4. The van der Waals surface area contributed by atoms with Crippen LogP contribution in [0.1, 0.15) is 30.3 Å². The number of carbonyl (C=O) groups is 1. The van der Waals surface area contributed by atoms with Crippen LogP contribution in [0, 0.1) is 5.92 Å². The first-order valence-corrected chi connectivity index (χ1v) is 6.83. The monoisotopic (exact) mass is 249 g/mol. The van der Waals surface area contributed by atoms with Crippen LogP contribution in [-0.2, 0) is 7.05 Å². The second kappa shape index (κ2) is 6.05. The fourth-order valence-electron chi connectivity index (χ4n) is 2.58. The first-order valence-electron chi connectivity index (χ1n) is 6.83. The van der Waals surface area contributed by atoms with Crippen molar-refractivity contribution in [3.8, 4) is 0 Å². The molecule has 0 aliphatic carbocycles. The molecule has 2 heterocycles. The Bertz CT molecular complexity index is 393. The van der Waals surface area contributed by atoms with E-state index in [1.54, 1.807) is 0 Å². The Hall–Kier alpha value is -1.29. The number of piperidine rings is 1. The molecule has 2 rings (SSSR count). The third-order valence-corrected chi connectivity index (χ3v) is 3.77. The molecule has 0 aromatic carbocycles. The zero-order valence-electron chi connectivity index (χ0n) is 11.4. The van der Waals surface area contributed by atoms with Crippen LogP contribution < -0.4 is 5.32 Å². The highest BCUT2D eigenvalue weighted by Gasteiger charge is 2.21. The fourth-order valence-corrected chi connectivity index (χ4v) is 2.58. The number of nitrogens with one attached hydrogen (secondary N) is 1. The van der Waals surface area contributed by atoms with Crippen molar-refractivity contribution in [2.24, 2.45) is 13.0 Å². The van der Waals surface area contributed by atoms with Crippen molar-refractivity contribution in [2.45, 2.75) is 19.8 Å².